The Bertz CT molecular complexity index is 564. The smallest absolute Gasteiger partial charge is 0.328 e. The largest absolute Gasteiger partial charge is 0.418 e. The molecule has 1 heterocycles. The topological polar surface area (TPSA) is 51.8 Å². The lowest BCUT2D eigenvalue weighted by Crippen LogP contribution is -2.19. The van der Waals surface area contributed by atoms with Gasteiger partial charge in [0.2, 0.25) is 0 Å². The van der Waals surface area contributed by atoms with E-state index in [1.54, 1.807) is 13.0 Å². The van der Waals surface area contributed by atoms with Gasteiger partial charge in [0.25, 0.3) is 0 Å². The predicted molar refractivity (Wildman–Crippen MR) is 61.9 cm³/mol. The van der Waals surface area contributed by atoms with Crippen molar-refractivity contribution in [1.82, 2.24) is 9.97 Å². The van der Waals surface area contributed by atoms with Crippen LogP contribution in [0.1, 0.15) is 18.2 Å². The minimum absolute atomic E-state index is 0.0735. The highest BCUT2D eigenvalue weighted by molar-refractivity contribution is 5.84. The molecule has 0 fully saturated rings. The maximum atomic E-state index is 12.8. The van der Waals surface area contributed by atoms with Crippen molar-refractivity contribution in [1.29, 1.82) is 0 Å². The van der Waals surface area contributed by atoms with E-state index in [4.69, 9.17) is 5.73 Å². The molecule has 2 N–H and O–H groups in total. The van der Waals surface area contributed by atoms with Gasteiger partial charge in [-0.25, -0.2) is 9.97 Å². The van der Waals surface area contributed by atoms with Crippen molar-refractivity contribution in [3.63, 3.8) is 0 Å². The van der Waals surface area contributed by atoms with Crippen molar-refractivity contribution in [3.05, 3.63) is 35.8 Å². The number of nitrogens with two attached hydrogens (primary N) is 1. The van der Waals surface area contributed by atoms with Crippen LogP contribution in [0.5, 0.6) is 0 Å². The number of aromatic nitrogens is 2. The van der Waals surface area contributed by atoms with Crippen molar-refractivity contribution >= 4 is 10.9 Å². The van der Waals surface area contributed by atoms with Gasteiger partial charge in [-0.05, 0) is 13.0 Å². The summed E-state index contributed by atoms with van der Waals surface area (Å²) in [5.41, 5.74) is 5.38. The Balaban J connectivity index is 2.66. The fraction of sp³-hybridized carbons (Fsp3) is 0.333. The Hall–Kier alpha value is -1.69. The zero-order chi connectivity index (χ0) is 13.3. The number of halogens is 3. The van der Waals surface area contributed by atoms with E-state index in [1.807, 2.05) is 0 Å². The first kappa shape index (κ1) is 12.8. The zero-order valence-electron chi connectivity index (χ0n) is 9.70. The monoisotopic (exact) mass is 255 g/mol. The fourth-order valence-corrected chi connectivity index (χ4v) is 1.84. The van der Waals surface area contributed by atoms with Crippen LogP contribution in [0.25, 0.3) is 10.9 Å². The summed E-state index contributed by atoms with van der Waals surface area (Å²) < 4.78 is 38.5. The summed E-state index contributed by atoms with van der Waals surface area (Å²) in [6, 6.07) is 3.80. The van der Waals surface area contributed by atoms with Crippen LogP contribution in [0, 0.1) is 0 Å². The van der Waals surface area contributed by atoms with Gasteiger partial charge in [0.05, 0.1) is 16.8 Å². The average Bonchev–Trinajstić information content (AvgIpc) is 2.26. The molecule has 96 valence electrons. The van der Waals surface area contributed by atoms with Gasteiger partial charge in [-0.1, -0.05) is 12.1 Å². The molecule has 0 aliphatic rings. The lowest BCUT2D eigenvalue weighted by atomic mass is 10.0. The lowest BCUT2D eigenvalue weighted by molar-refractivity contribution is -0.136. The first-order valence-corrected chi connectivity index (χ1v) is 5.45. The molecule has 6 heteroatoms. The van der Waals surface area contributed by atoms with Crippen molar-refractivity contribution in [2.24, 2.45) is 5.73 Å². The minimum Gasteiger partial charge on any atom is -0.328 e. The van der Waals surface area contributed by atoms with Crippen molar-refractivity contribution in [3.8, 4) is 0 Å². The average molecular weight is 255 g/mol. The molecule has 0 bridgehead atoms. The Labute approximate surface area is 102 Å². The zero-order valence-corrected chi connectivity index (χ0v) is 9.70. The molecule has 1 aromatic carbocycles. The molecule has 0 aliphatic carbocycles. The summed E-state index contributed by atoms with van der Waals surface area (Å²) in [6.45, 7) is 1.78. The molecule has 1 unspecified atom stereocenters. The number of hydrogen-bond donors (Lipinski definition) is 1. The second kappa shape index (κ2) is 4.53. The van der Waals surface area contributed by atoms with E-state index >= 15 is 0 Å². The molecular weight excluding hydrogens is 243 g/mol. The van der Waals surface area contributed by atoms with Gasteiger partial charge in [-0.2, -0.15) is 13.2 Å². The third-order valence-corrected chi connectivity index (χ3v) is 2.57. The second-order valence-corrected chi connectivity index (χ2v) is 4.20. The van der Waals surface area contributed by atoms with E-state index in [9.17, 15) is 13.2 Å². The summed E-state index contributed by atoms with van der Waals surface area (Å²) in [6.07, 6.45) is -2.85. The number of fused-ring (bicyclic) bond motifs is 1. The molecule has 0 saturated heterocycles. The van der Waals surface area contributed by atoms with E-state index in [-0.39, 0.29) is 11.6 Å². The molecule has 18 heavy (non-hydrogen) atoms. The second-order valence-electron chi connectivity index (χ2n) is 4.20. The SMILES string of the molecule is CC(N)Cc1ncnc2c(C(F)(F)F)cccc12. The Morgan fingerprint density at radius 1 is 1.28 bits per heavy atom. The van der Waals surface area contributed by atoms with Gasteiger partial charge in [-0.3, -0.25) is 0 Å². The van der Waals surface area contributed by atoms with Crippen LogP contribution in [0.15, 0.2) is 24.5 Å². The molecule has 0 radical (unpaired) electrons. The maximum absolute atomic E-state index is 12.8. The van der Waals surface area contributed by atoms with E-state index in [1.165, 1.54) is 6.07 Å². The molecule has 0 aliphatic heterocycles. The number of rotatable bonds is 2. The van der Waals surface area contributed by atoms with Gasteiger partial charge in [0.1, 0.15) is 6.33 Å². The number of hydrogen-bond acceptors (Lipinski definition) is 3. The number of alkyl halides is 3. The molecule has 1 atom stereocenters. The van der Waals surface area contributed by atoms with Crippen LogP contribution < -0.4 is 5.73 Å². The number of benzene rings is 1. The van der Waals surface area contributed by atoms with Crippen LogP contribution in [-0.4, -0.2) is 16.0 Å². The molecule has 0 amide bonds. The first-order chi connectivity index (χ1) is 8.39. The Morgan fingerprint density at radius 3 is 2.61 bits per heavy atom. The third-order valence-electron chi connectivity index (χ3n) is 2.57. The van der Waals surface area contributed by atoms with Gasteiger partial charge < -0.3 is 5.73 Å². The van der Waals surface area contributed by atoms with Crippen molar-refractivity contribution in [2.75, 3.05) is 0 Å². The van der Waals surface area contributed by atoms with Gasteiger partial charge >= 0.3 is 6.18 Å². The molecule has 2 aromatic rings. The lowest BCUT2D eigenvalue weighted by Gasteiger charge is -2.12. The summed E-state index contributed by atoms with van der Waals surface area (Å²) in [5.74, 6) is 0. The maximum Gasteiger partial charge on any atom is 0.418 e. The summed E-state index contributed by atoms with van der Waals surface area (Å²) >= 11 is 0. The predicted octanol–water partition coefficient (Wildman–Crippen LogP) is 2.54. The number of para-hydroxylation sites is 1. The molecular formula is C12H12F3N3. The van der Waals surface area contributed by atoms with E-state index in [2.05, 4.69) is 9.97 Å². The third kappa shape index (κ3) is 2.43. The summed E-state index contributed by atoms with van der Waals surface area (Å²) in [5, 5.41) is 0.407. The highest BCUT2D eigenvalue weighted by atomic mass is 19.4. The first-order valence-electron chi connectivity index (χ1n) is 5.45. The van der Waals surface area contributed by atoms with Gasteiger partial charge in [-0.15, -0.1) is 0 Å². The van der Waals surface area contributed by atoms with Crippen molar-refractivity contribution in [2.45, 2.75) is 25.6 Å². The highest BCUT2D eigenvalue weighted by Crippen LogP contribution is 2.34. The molecule has 1 aromatic heterocycles. The van der Waals surface area contributed by atoms with E-state index in [0.717, 1.165) is 12.4 Å². The van der Waals surface area contributed by atoms with Gasteiger partial charge in [0.15, 0.2) is 0 Å². The Morgan fingerprint density at radius 2 is 2.00 bits per heavy atom. The molecule has 0 spiro atoms. The van der Waals surface area contributed by atoms with Crippen LogP contribution in [0.4, 0.5) is 13.2 Å². The summed E-state index contributed by atoms with van der Waals surface area (Å²) in [4.78, 5) is 7.76. The van der Waals surface area contributed by atoms with E-state index in [0.29, 0.717) is 17.5 Å². The Kier molecular flexibility index (Phi) is 3.21. The molecule has 2 rings (SSSR count). The van der Waals surface area contributed by atoms with Gasteiger partial charge in [0, 0.05) is 17.8 Å². The standard InChI is InChI=1S/C12H12F3N3/c1-7(16)5-10-8-3-2-4-9(12(13,14)15)11(8)18-6-17-10/h2-4,6-7H,5,16H2,1H3. The van der Waals surface area contributed by atoms with Crippen molar-refractivity contribution < 1.29 is 13.2 Å². The number of nitrogens with zero attached hydrogens (tertiary/aromatic N) is 2. The van der Waals surface area contributed by atoms with Crippen LogP contribution in [-0.2, 0) is 12.6 Å². The van der Waals surface area contributed by atoms with E-state index < -0.39 is 11.7 Å². The molecule has 0 saturated carbocycles. The van der Waals surface area contributed by atoms with Crippen LogP contribution in [0.3, 0.4) is 0 Å². The normalized spacial score (nSPS) is 13.8. The summed E-state index contributed by atoms with van der Waals surface area (Å²) in [7, 11) is 0. The molecule has 3 nitrogen and oxygen atoms in total. The van der Waals surface area contributed by atoms with Crippen LogP contribution >= 0.6 is 0 Å². The van der Waals surface area contributed by atoms with Crippen LogP contribution in [0.2, 0.25) is 0 Å². The highest BCUT2D eigenvalue weighted by Gasteiger charge is 2.33. The fourth-order valence-electron chi connectivity index (χ4n) is 1.84. The quantitative estimate of drug-likeness (QED) is 0.897. The minimum atomic E-state index is -4.42.